The summed E-state index contributed by atoms with van der Waals surface area (Å²) in [7, 11) is -2.27. The number of nitrogen functional groups attached to an aromatic ring is 1. The topological polar surface area (TPSA) is 111 Å². The van der Waals surface area contributed by atoms with Crippen LogP contribution in [0, 0.1) is 0 Å². The third kappa shape index (κ3) is 4.33. The number of sulfonamides is 1. The van der Waals surface area contributed by atoms with E-state index >= 15 is 0 Å². The van der Waals surface area contributed by atoms with Crippen molar-refractivity contribution in [3.8, 4) is 5.75 Å². The fourth-order valence-electron chi connectivity index (χ4n) is 1.77. The van der Waals surface area contributed by atoms with Gasteiger partial charge in [-0.1, -0.05) is 0 Å². The molecule has 4 N–H and O–H groups in total. The van der Waals surface area contributed by atoms with Crippen LogP contribution in [0.4, 0.5) is 5.69 Å². The number of rotatable bonds is 7. The lowest BCUT2D eigenvalue weighted by molar-refractivity contribution is -0.121. The molecule has 1 aliphatic carbocycles. The first kappa shape index (κ1) is 15.6. The third-order valence-electron chi connectivity index (χ3n) is 3.10. The Morgan fingerprint density at radius 2 is 2.14 bits per heavy atom. The number of methoxy groups -OCH3 is 1. The molecule has 0 unspecified atom stereocenters. The molecule has 0 heterocycles. The lowest BCUT2D eigenvalue weighted by Gasteiger charge is -2.09. The minimum atomic E-state index is -3.68. The van der Waals surface area contributed by atoms with Gasteiger partial charge in [0.1, 0.15) is 5.75 Å². The Morgan fingerprint density at radius 3 is 2.76 bits per heavy atom. The molecule has 1 aliphatic rings. The van der Waals surface area contributed by atoms with Crippen LogP contribution in [0.3, 0.4) is 0 Å². The fraction of sp³-hybridized carbons (Fsp3) is 0.462. The van der Waals surface area contributed by atoms with Gasteiger partial charge in [0.05, 0.1) is 17.7 Å². The summed E-state index contributed by atoms with van der Waals surface area (Å²) in [6.45, 7) is 0.0492. The average Bonchev–Trinajstić information content (AvgIpc) is 3.22. The Kier molecular flexibility index (Phi) is 4.69. The van der Waals surface area contributed by atoms with E-state index < -0.39 is 10.0 Å². The number of ether oxygens (including phenoxy) is 1. The normalized spacial score (nSPS) is 14.7. The van der Waals surface area contributed by atoms with Crippen LogP contribution in [-0.2, 0) is 14.8 Å². The van der Waals surface area contributed by atoms with Gasteiger partial charge in [-0.15, -0.1) is 0 Å². The lowest BCUT2D eigenvalue weighted by Crippen LogP contribution is -2.31. The van der Waals surface area contributed by atoms with Crippen molar-refractivity contribution in [3.63, 3.8) is 0 Å². The number of anilines is 1. The molecule has 0 atom stereocenters. The molecule has 8 heteroatoms. The van der Waals surface area contributed by atoms with Crippen LogP contribution in [0.2, 0.25) is 0 Å². The molecule has 0 aromatic heterocycles. The first-order chi connectivity index (χ1) is 9.92. The summed E-state index contributed by atoms with van der Waals surface area (Å²) in [5.74, 6) is 0.152. The zero-order valence-electron chi connectivity index (χ0n) is 11.8. The van der Waals surface area contributed by atoms with Crippen molar-refractivity contribution in [1.29, 1.82) is 0 Å². The summed E-state index contributed by atoms with van der Waals surface area (Å²) in [6, 6.07) is 4.48. The smallest absolute Gasteiger partial charge is 0.240 e. The number of carbonyl (C=O) groups excluding carboxylic acids is 1. The molecule has 1 aromatic carbocycles. The second-order valence-corrected chi connectivity index (χ2v) is 6.66. The van der Waals surface area contributed by atoms with Crippen molar-refractivity contribution in [2.24, 2.45) is 0 Å². The molecule has 7 nitrogen and oxygen atoms in total. The molecule has 0 aliphatic heterocycles. The highest BCUT2D eigenvalue weighted by Gasteiger charge is 2.23. The van der Waals surface area contributed by atoms with Gasteiger partial charge in [0, 0.05) is 25.1 Å². The van der Waals surface area contributed by atoms with E-state index in [-0.39, 0.29) is 29.8 Å². The van der Waals surface area contributed by atoms with Crippen LogP contribution >= 0.6 is 0 Å². The summed E-state index contributed by atoms with van der Waals surface area (Å²) < 4.78 is 31.6. The van der Waals surface area contributed by atoms with Crippen LogP contribution in [0.5, 0.6) is 5.75 Å². The summed E-state index contributed by atoms with van der Waals surface area (Å²) in [5, 5.41) is 2.80. The number of nitrogens with one attached hydrogen (secondary N) is 2. The molecular weight excluding hydrogens is 294 g/mol. The van der Waals surface area contributed by atoms with Gasteiger partial charge in [-0.05, 0) is 25.0 Å². The molecule has 0 saturated heterocycles. The highest BCUT2D eigenvalue weighted by Crippen LogP contribution is 2.24. The number of benzene rings is 1. The van der Waals surface area contributed by atoms with E-state index in [4.69, 9.17) is 10.5 Å². The summed E-state index contributed by atoms with van der Waals surface area (Å²) in [6.07, 6.45) is 2.12. The molecule has 0 bridgehead atoms. The molecule has 0 radical (unpaired) electrons. The standard InChI is InChI=1S/C13H19N3O4S/c1-20-12-8-10(4-5-11(12)14)21(18,19)15-7-6-13(17)16-9-2-3-9/h4-5,8-9,15H,2-3,6-7,14H2,1H3,(H,16,17). The largest absolute Gasteiger partial charge is 0.495 e. The van der Waals surface area contributed by atoms with Gasteiger partial charge in [0.2, 0.25) is 15.9 Å². The highest BCUT2D eigenvalue weighted by molar-refractivity contribution is 7.89. The monoisotopic (exact) mass is 313 g/mol. The maximum absolute atomic E-state index is 12.1. The van der Waals surface area contributed by atoms with Gasteiger partial charge >= 0.3 is 0 Å². The van der Waals surface area contributed by atoms with Crippen molar-refractivity contribution in [3.05, 3.63) is 18.2 Å². The van der Waals surface area contributed by atoms with Crippen LogP contribution in [0.15, 0.2) is 23.1 Å². The van der Waals surface area contributed by atoms with Crippen LogP contribution in [-0.4, -0.2) is 34.0 Å². The Bertz CT molecular complexity index is 626. The Hall–Kier alpha value is -1.80. The second kappa shape index (κ2) is 6.31. The molecule has 1 saturated carbocycles. The molecule has 1 fully saturated rings. The van der Waals surface area contributed by atoms with Gasteiger partial charge in [-0.25, -0.2) is 13.1 Å². The van der Waals surface area contributed by atoms with Gasteiger partial charge in [0.15, 0.2) is 0 Å². The van der Waals surface area contributed by atoms with Gasteiger partial charge < -0.3 is 15.8 Å². The number of amides is 1. The molecular formula is C13H19N3O4S. The van der Waals surface area contributed by atoms with Crippen LogP contribution in [0.1, 0.15) is 19.3 Å². The van der Waals surface area contributed by atoms with Crippen LogP contribution in [0.25, 0.3) is 0 Å². The number of hydrogen-bond donors (Lipinski definition) is 3. The predicted octanol–water partition coefficient (Wildman–Crippen LogP) is 0.224. The molecule has 1 amide bonds. The summed E-state index contributed by atoms with van der Waals surface area (Å²) >= 11 is 0. The maximum Gasteiger partial charge on any atom is 0.240 e. The van der Waals surface area contributed by atoms with E-state index in [1.165, 1.54) is 25.3 Å². The number of hydrogen-bond acceptors (Lipinski definition) is 5. The highest BCUT2D eigenvalue weighted by atomic mass is 32.2. The Morgan fingerprint density at radius 1 is 1.43 bits per heavy atom. The minimum Gasteiger partial charge on any atom is -0.495 e. The van der Waals surface area contributed by atoms with E-state index in [0.717, 1.165) is 12.8 Å². The summed E-state index contributed by atoms with van der Waals surface area (Å²) in [4.78, 5) is 11.5. The Balaban J connectivity index is 1.92. The van der Waals surface area contributed by atoms with E-state index in [1.54, 1.807) is 0 Å². The minimum absolute atomic E-state index is 0.0492. The third-order valence-corrected chi connectivity index (χ3v) is 4.56. The first-order valence-corrected chi connectivity index (χ1v) is 8.13. The van der Waals surface area contributed by atoms with Crippen molar-refractivity contribution in [2.45, 2.75) is 30.2 Å². The molecule has 0 spiro atoms. The van der Waals surface area contributed by atoms with E-state index in [2.05, 4.69) is 10.0 Å². The quantitative estimate of drug-likeness (QED) is 0.624. The Labute approximate surface area is 123 Å². The van der Waals surface area contributed by atoms with Gasteiger partial charge in [0.25, 0.3) is 0 Å². The van der Waals surface area contributed by atoms with Crippen molar-refractivity contribution >= 4 is 21.6 Å². The molecule has 21 heavy (non-hydrogen) atoms. The van der Waals surface area contributed by atoms with Gasteiger partial charge in [-0.2, -0.15) is 0 Å². The lowest BCUT2D eigenvalue weighted by atomic mass is 10.3. The number of nitrogens with two attached hydrogens (primary N) is 1. The molecule has 2 rings (SSSR count). The van der Waals surface area contributed by atoms with E-state index in [1.807, 2.05) is 0 Å². The predicted molar refractivity (Wildman–Crippen MR) is 78.4 cm³/mol. The average molecular weight is 313 g/mol. The summed E-state index contributed by atoms with van der Waals surface area (Å²) in [5.41, 5.74) is 6.00. The SMILES string of the molecule is COc1cc(S(=O)(=O)NCCC(=O)NC2CC2)ccc1N. The zero-order valence-corrected chi connectivity index (χ0v) is 12.6. The van der Waals surface area contributed by atoms with Crippen molar-refractivity contribution in [1.82, 2.24) is 10.0 Å². The number of carbonyl (C=O) groups is 1. The fourth-order valence-corrected chi connectivity index (χ4v) is 2.82. The van der Waals surface area contributed by atoms with Crippen molar-refractivity contribution < 1.29 is 17.9 Å². The van der Waals surface area contributed by atoms with E-state index in [9.17, 15) is 13.2 Å². The van der Waals surface area contributed by atoms with Crippen LogP contribution < -0.4 is 20.5 Å². The van der Waals surface area contributed by atoms with Gasteiger partial charge in [-0.3, -0.25) is 4.79 Å². The second-order valence-electron chi connectivity index (χ2n) is 4.89. The molecule has 1 aromatic rings. The van der Waals surface area contributed by atoms with Crippen molar-refractivity contribution in [2.75, 3.05) is 19.4 Å². The first-order valence-electron chi connectivity index (χ1n) is 6.65. The molecule has 116 valence electrons. The maximum atomic E-state index is 12.1. The van der Waals surface area contributed by atoms with E-state index in [0.29, 0.717) is 11.4 Å². The zero-order chi connectivity index (χ0) is 15.5.